The molecule has 0 aliphatic rings. The van der Waals surface area contributed by atoms with Gasteiger partial charge in [-0.2, -0.15) is 0 Å². The molecule has 0 heterocycles. The van der Waals surface area contributed by atoms with Crippen molar-refractivity contribution in [2.24, 2.45) is 5.73 Å². The topological polar surface area (TPSA) is 83.5 Å². The molecule has 0 spiro atoms. The van der Waals surface area contributed by atoms with E-state index in [4.69, 9.17) is 10.8 Å². The van der Waals surface area contributed by atoms with Crippen LogP contribution in [0.5, 0.6) is 0 Å². The van der Waals surface area contributed by atoms with Crippen LogP contribution in [0.4, 0.5) is 0 Å². The van der Waals surface area contributed by atoms with Crippen molar-refractivity contribution in [3.05, 3.63) is 35.4 Å². The Morgan fingerprint density at radius 3 is 2.73 bits per heavy atom. The maximum absolute atomic E-state index is 10.4. The minimum Gasteiger partial charge on any atom is -0.481 e. The van der Waals surface area contributed by atoms with Crippen molar-refractivity contribution in [3.63, 3.8) is 0 Å². The van der Waals surface area contributed by atoms with Crippen LogP contribution >= 0.6 is 0 Å². The Morgan fingerprint density at radius 1 is 1.53 bits per heavy atom. The normalized spacial score (nSPS) is 14.6. The van der Waals surface area contributed by atoms with Crippen molar-refractivity contribution < 1.29 is 15.0 Å². The zero-order valence-corrected chi connectivity index (χ0v) is 8.55. The molecule has 0 amide bonds. The molecule has 0 radical (unpaired) electrons. The van der Waals surface area contributed by atoms with E-state index in [0.29, 0.717) is 5.56 Å². The zero-order valence-electron chi connectivity index (χ0n) is 8.55. The van der Waals surface area contributed by atoms with E-state index in [0.717, 1.165) is 5.56 Å². The van der Waals surface area contributed by atoms with Crippen LogP contribution in [0.25, 0.3) is 0 Å². The van der Waals surface area contributed by atoms with Gasteiger partial charge in [-0.1, -0.05) is 29.8 Å². The van der Waals surface area contributed by atoms with Gasteiger partial charge in [0, 0.05) is 6.04 Å². The summed E-state index contributed by atoms with van der Waals surface area (Å²) in [7, 11) is 0. The largest absolute Gasteiger partial charge is 0.481 e. The smallest absolute Gasteiger partial charge is 0.305 e. The van der Waals surface area contributed by atoms with E-state index in [1.807, 2.05) is 13.0 Å². The minimum absolute atomic E-state index is 0.241. The highest BCUT2D eigenvalue weighted by Crippen LogP contribution is 2.18. The quantitative estimate of drug-likeness (QED) is 0.685. The Labute approximate surface area is 88.3 Å². The van der Waals surface area contributed by atoms with E-state index >= 15 is 0 Å². The summed E-state index contributed by atoms with van der Waals surface area (Å²) in [6.07, 6.45) is -1.17. The van der Waals surface area contributed by atoms with Crippen molar-refractivity contribution in [1.82, 2.24) is 0 Å². The highest BCUT2D eigenvalue weighted by Gasteiger charge is 2.19. The van der Waals surface area contributed by atoms with Crippen LogP contribution in [0.1, 0.15) is 23.7 Å². The number of hydrogen-bond acceptors (Lipinski definition) is 3. The number of rotatable bonds is 4. The molecule has 0 fully saturated rings. The maximum atomic E-state index is 10.4. The van der Waals surface area contributed by atoms with Crippen molar-refractivity contribution in [3.8, 4) is 0 Å². The maximum Gasteiger partial charge on any atom is 0.305 e. The van der Waals surface area contributed by atoms with Gasteiger partial charge < -0.3 is 15.9 Å². The van der Waals surface area contributed by atoms with Gasteiger partial charge in [-0.3, -0.25) is 4.79 Å². The average Bonchev–Trinajstić information content (AvgIpc) is 2.15. The molecule has 4 nitrogen and oxygen atoms in total. The molecule has 1 aromatic rings. The van der Waals surface area contributed by atoms with Gasteiger partial charge in [0.25, 0.3) is 0 Å². The number of carboxylic acid groups (broad SMARTS) is 1. The molecule has 0 aromatic heterocycles. The molecule has 4 N–H and O–H groups in total. The number of aliphatic carboxylic acids is 1. The summed E-state index contributed by atoms with van der Waals surface area (Å²) in [5, 5.41) is 18.3. The Kier molecular flexibility index (Phi) is 3.82. The van der Waals surface area contributed by atoms with E-state index in [1.54, 1.807) is 18.2 Å². The molecule has 82 valence electrons. The van der Waals surface area contributed by atoms with E-state index < -0.39 is 18.1 Å². The molecular formula is C11H15NO3. The van der Waals surface area contributed by atoms with E-state index in [1.165, 1.54) is 0 Å². The lowest BCUT2D eigenvalue weighted by Crippen LogP contribution is -2.30. The summed E-state index contributed by atoms with van der Waals surface area (Å²) in [6, 6.07) is 6.47. The van der Waals surface area contributed by atoms with Crippen LogP contribution < -0.4 is 5.73 Å². The first-order chi connectivity index (χ1) is 7.00. The predicted molar refractivity (Wildman–Crippen MR) is 56.4 cm³/mol. The van der Waals surface area contributed by atoms with Crippen LogP contribution in [0, 0.1) is 6.92 Å². The fourth-order valence-electron chi connectivity index (χ4n) is 1.41. The lowest BCUT2D eigenvalue weighted by atomic mass is 9.99. The van der Waals surface area contributed by atoms with E-state index in [2.05, 4.69) is 0 Å². The second-order valence-electron chi connectivity index (χ2n) is 3.62. The number of aryl methyl sites for hydroxylation is 1. The fraction of sp³-hybridized carbons (Fsp3) is 0.364. The lowest BCUT2D eigenvalue weighted by Gasteiger charge is -2.17. The Hall–Kier alpha value is -1.39. The summed E-state index contributed by atoms with van der Waals surface area (Å²) in [5.41, 5.74) is 7.23. The third kappa shape index (κ3) is 3.34. The monoisotopic (exact) mass is 209 g/mol. The Balaban J connectivity index is 2.75. The highest BCUT2D eigenvalue weighted by molar-refractivity contribution is 5.67. The molecule has 0 saturated heterocycles. The molecule has 0 aliphatic carbocycles. The van der Waals surface area contributed by atoms with Gasteiger partial charge in [-0.15, -0.1) is 0 Å². The van der Waals surface area contributed by atoms with Gasteiger partial charge in [-0.25, -0.2) is 0 Å². The first-order valence-corrected chi connectivity index (χ1v) is 4.72. The molecule has 15 heavy (non-hydrogen) atoms. The van der Waals surface area contributed by atoms with Gasteiger partial charge in [0.05, 0.1) is 12.5 Å². The summed E-state index contributed by atoms with van der Waals surface area (Å²) in [5.74, 6) is -1.01. The number of benzene rings is 1. The highest BCUT2D eigenvalue weighted by atomic mass is 16.4. The van der Waals surface area contributed by atoms with Crippen molar-refractivity contribution >= 4 is 5.97 Å². The Bertz CT molecular complexity index is 351. The fourth-order valence-corrected chi connectivity index (χ4v) is 1.41. The number of aliphatic hydroxyl groups excluding tert-OH is 1. The number of hydrogen-bond donors (Lipinski definition) is 3. The van der Waals surface area contributed by atoms with Gasteiger partial charge in [0.15, 0.2) is 0 Å². The second kappa shape index (κ2) is 4.91. The van der Waals surface area contributed by atoms with Crippen LogP contribution in [0.3, 0.4) is 0 Å². The molecule has 1 rings (SSSR count). The molecule has 0 bridgehead atoms. The van der Waals surface area contributed by atoms with Crippen LogP contribution in [-0.2, 0) is 4.79 Å². The SMILES string of the molecule is Cc1cccc(C(O)C(N)CC(=O)O)c1. The summed E-state index contributed by atoms with van der Waals surface area (Å²) in [6.45, 7) is 1.90. The van der Waals surface area contributed by atoms with Gasteiger partial charge in [-0.05, 0) is 12.5 Å². The first-order valence-electron chi connectivity index (χ1n) is 4.72. The van der Waals surface area contributed by atoms with Crippen LogP contribution in [0.15, 0.2) is 24.3 Å². The number of nitrogens with two attached hydrogens (primary N) is 1. The standard InChI is InChI=1S/C11H15NO3/c1-7-3-2-4-8(5-7)11(15)9(12)6-10(13)14/h2-5,9,11,15H,6,12H2,1H3,(H,13,14). The summed E-state index contributed by atoms with van der Waals surface area (Å²) >= 11 is 0. The predicted octanol–water partition coefficient (Wildman–Crippen LogP) is 0.830. The molecule has 0 aliphatic heterocycles. The second-order valence-corrected chi connectivity index (χ2v) is 3.62. The molecule has 2 atom stereocenters. The van der Waals surface area contributed by atoms with Crippen molar-refractivity contribution in [2.75, 3.05) is 0 Å². The minimum atomic E-state index is -1.01. The summed E-state index contributed by atoms with van der Waals surface area (Å²) in [4.78, 5) is 10.4. The first kappa shape index (κ1) is 11.7. The number of aliphatic hydroxyl groups is 1. The van der Waals surface area contributed by atoms with Gasteiger partial charge >= 0.3 is 5.97 Å². The number of carbonyl (C=O) groups is 1. The molecule has 4 heteroatoms. The molecule has 2 unspecified atom stereocenters. The average molecular weight is 209 g/mol. The van der Waals surface area contributed by atoms with Crippen LogP contribution in [0.2, 0.25) is 0 Å². The summed E-state index contributed by atoms with van der Waals surface area (Å²) < 4.78 is 0. The third-order valence-corrected chi connectivity index (χ3v) is 2.20. The molecule has 0 saturated carbocycles. The van der Waals surface area contributed by atoms with Gasteiger partial charge in [0.2, 0.25) is 0 Å². The third-order valence-electron chi connectivity index (χ3n) is 2.20. The van der Waals surface area contributed by atoms with Crippen molar-refractivity contribution in [2.45, 2.75) is 25.5 Å². The molecule has 1 aromatic carbocycles. The molecular weight excluding hydrogens is 194 g/mol. The van der Waals surface area contributed by atoms with E-state index in [-0.39, 0.29) is 6.42 Å². The van der Waals surface area contributed by atoms with Gasteiger partial charge in [0.1, 0.15) is 0 Å². The zero-order chi connectivity index (χ0) is 11.4. The van der Waals surface area contributed by atoms with Crippen LogP contribution in [-0.4, -0.2) is 22.2 Å². The van der Waals surface area contributed by atoms with Crippen molar-refractivity contribution in [1.29, 1.82) is 0 Å². The number of carboxylic acids is 1. The van der Waals surface area contributed by atoms with E-state index in [9.17, 15) is 9.90 Å². The Morgan fingerprint density at radius 2 is 2.20 bits per heavy atom. The lowest BCUT2D eigenvalue weighted by molar-refractivity contribution is -0.138.